The van der Waals surface area contributed by atoms with Crippen LogP contribution in [0.1, 0.15) is 22.9 Å². The van der Waals surface area contributed by atoms with Crippen molar-refractivity contribution in [3.63, 3.8) is 0 Å². The minimum Gasteiger partial charge on any atom is -0.392 e. The van der Waals surface area contributed by atoms with E-state index in [4.69, 9.17) is 11.6 Å². The molecule has 7 heteroatoms. The Balaban J connectivity index is 1.86. The van der Waals surface area contributed by atoms with Gasteiger partial charge in [0, 0.05) is 35.8 Å². The number of hydrogen-bond acceptors (Lipinski definition) is 4. The van der Waals surface area contributed by atoms with Crippen molar-refractivity contribution in [2.75, 3.05) is 6.54 Å². The number of likely N-dealkylation sites (tertiary alicyclic amines) is 1. The number of rotatable bonds is 3. The van der Waals surface area contributed by atoms with Gasteiger partial charge < -0.3 is 5.11 Å². The fourth-order valence-corrected chi connectivity index (χ4v) is 3.71. The molecular weight excluding hydrogens is 318 g/mol. The Morgan fingerprint density at radius 1 is 1.43 bits per heavy atom. The molecule has 2 heterocycles. The summed E-state index contributed by atoms with van der Waals surface area (Å²) in [7, 11) is 0. The van der Waals surface area contributed by atoms with Gasteiger partial charge in [0.05, 0.1) is 6.10 Å². The molecule has 1 aromatic carbocycles. The van der Waals surface area contributed by atoms with Gasteiger partial charge in [0.25, 0.3) is 0 Å². The molecule has 3 rings (SSSR count). The topological polar surface area (TPSA) is 36.4 Å². The third kappa shape index (κ3) is 3.23. The van der Waals surface area contributed by atoms with Crippen molar-refractivity contribution in [1.29, 1.82) is 0 Å². The Hall–Kier alpha value is -1.08. The quantitative estimate of drug-likeness (QED) is 0.937. The van der Waals surface area contributed by atoms with Crippen molar-refractivity contribution in [2.24, 2.45) is 0 Å². The molecule has 2 atom stereocenters. The number of β-amino-alcohol motifs (C(OH)–C–C–N with tert-alkyl or cyclic N) is 1. The molecule has 0 amide bonds. The highest BCUT2D eigenvalue weighted by atomic mass is 35.5. The summed E-state index contributed by atoms with van der Waals surface area (Å²) >= 11 is 7.15. The van der Waals surface area contributed by atoms with Crippen molar-refractivity contribution in [3.8, 4) is 0 Å². The van der Waals surface area contributed by atoms with Gasteiger partial charge in [-0.05, 0) is 24.6 Å². The highest BCUT2D eigenvalue weighted by Crippen LogP contribution is 2.36. The summed E-state index contributed by atoms with van der Waals surface area (Å²) in [5, 5.41) is 9.88. The molecule has 3 nitrogen and oxygen atoms in total. The van der Waals surface area contributed by atoms with Crippen molar-refractivity contribution >= 4 is 22.9 Å². The first-order chi connectivity index (χ1) is 10.0. The number of aliphatic hydroxyl groups is 1. The van der Waals surface area contributed by atoms with E-state index in [1.807, 2.05) is 4.90 Å². The van der Waals surface area contributed by atoms with E-state index in [1.165, 1.54) is 17.4 Å². The molecule has 0 spiro atoms. The molecular formula is C14H13ClF2N2OS. The number of nitrogens with zero attached hydrogens (tertiary/aromatic N) is 2. The lowest BCUT2D eigenvalue weighted by Crippen LogP contribution is -2.24. The van der Waals surface area contributed by atoms with Gasteiger partial charge in [-0.3, -0.25) is 4.90 Å². The largest absolute Gasteiger partial charge is 0.392 e. The monoisotopic (exact) mass is 330 g/mol. The molecule has 1 aliphatic heterocycles. The Labute approximate surface area is 129 Å². The van der Waals surface area contributed by atoms with Gasteiger partial charge in [0.15, 0.2) is 4.47 Å². The van der Waals surface area contributed by atoms with Gasteiger partial charge >= 0.3 is 0 Å². The first-order valence-corrected chi connectivity index (χ1v) is 7.69. The summed E-state index contributed by atoms with van der Waals surface area (Å²) in [6, 6.07) is 3.07. The molecule has 1 fully saturated rings. The van der Waals surface area contributed by atoms with Crippen molar-refractivity contribution in [2.45, 2.75) is 25.1 Å². The minimum absolute atomic E-state index is 0.280. The molecule has 112 valence electrons. The van der Waals surface area contributed by atoms with Gasteiger partial charge in [-0.25, -0.2) is 13.8 Å². The maximum atomic E-state index is 14.0. The second-order valence-electron chi connectivity index (χ2n) is 5.08. The lowest BCUT2D eigenvalue weighted by Gasteiger charge is -2.24. The van der Waals surface area contributed by atoms with E-state index >= 15 is 0 Å². The fraction of sp³-hybridized carbons (Fsp3) is 0.357. The van der Waals surface area contributed by atoms with E-state index < -0.39 is 17.7 Å². The highest BCUT2D eigenvalue weighted by Gasteiger charge is 2.34. The van der Waals surface area contributed by atoms with Crippen LogP contribution in [0.3, 0.4) is 0 Å². The number of halogens is 3. The van der Waals surface area contributed by atoms with Crippen molar-refractivity contribution < 1.29 is 13.9 Å². The van der Waals surface area contributed by atoms with Crippen LogP contribution in [-0.2, 0) is 6.54 Å². The Kier molecular flexibility index (Phi) is 4.21. The summed E-state index contributed by atoms with van der Waals surface area (Å²) in [4.78, 5) is 6.82. The van der Waals surface area contributed by atoms with Crippen LogP contribution in [-0.4, -0.2) is 27.6 Å². The summed E-state index contributed by atoms with van der Waals surface area (Å²) in [6.07, 6.45) is 1.49. The van der Waals surface area contributed by atoms with Crippen molar-refractivity contribution in [3.05, 3.63) is 50.9 Å². The zero-order chi connectivity index (χ0) is 15.0. The zero-order valence-electron chi connectivity index (χ0n) is 11.0. The standard InChI is InChI=1S/C14H13ClF2N2OS/c15-14-18-5-10(21-14)7-19-6-9(20)4-13(19)11-3-8(16)1-2-12(11)17/h1-3,5,9,13,20H,4,6-7H2. The van der Waals surface area contributed by atoms with E-state index in [0.29, 0.717) is 24.0 Å². The Morgan fingerprint density at radius 3 is 2.95 bits per heavy atom. The van der Waals surface area contributed by atoms with Crippen LogP contribution in [0.25, 0.3) is 0 Å². The van der Waals surface area contributed by atoms with Crippen LogP contribution in [0, 0.1) is 11.6 Å². The molecule has 0 saturated carbocycles. The van der Waals surface area contributed by atoms with Gasteiger partial charge in [-0.1, -0.05) is 11.6 Å². The van der Waals surface area contributed by atoms with Gasteiger partial charge in [-0.15, -0.1) is 11.3 Å². The smallest absolute Gasteiger partial charge is 0.183 e. The number of aromatic nitrogens is 1. The SMILES string of the molecule is OC1CC(c2cc(F)ccc2F)N(Cc2cnc(Cl)s2)C1. The van der Waals surface area contributed by atoms with Crippen LogP contribution in [0.15, 0.2) is 24.4 Å². The molecule has 0 bridgehead atoms. The lowest BCUT2D eigenvalue weighted by molar-refractivity contribution is 0.173. The molecule has 0 aliphatic carbocycles. The molecule has 1 N–H and O–H groups in total. The average Bonchev–Trinajstić information content (AvgIpc) is 2.99. The third-order valence-electron chi connectivity index (χ3n) is 3.58. The van der Waals surface area contributed by atoms with E-state index in [9.17, 15) is 13.9 Å². The number of benzene rings is 1. The lowest BCUT2D eigenvalue weighted by atomic mass is 10.0. The second kappa shape index (κ2) is 5.96. The van der Waals surface area contributed by atoms with Crippen LogP contribution in [0.2, 0.25) is 4.47 Å². The van der Waals surface area contributed by atoms with Crippen LogP contribution >= 0.6 is 22.9 Å². The zero-order valence-corrected chi connectivity index (χ0v) is 12.5. The molecule has 2 aromatic rings. The van der Waals surface area contributed by atoms with Crippen LogP contribution < -0.4 is 0 Å². The molecule has 21 heavy (non-hydrogen) atoms. The predicted molar refractivity (Wildman–Crippen MR) is 77.3 cm³/mol. The minimum atomic E-state index is -0.555. The van der Waals surface area contributed by atoms with Crippen molar-refractivity contribution in [1.82, 2.24) is 9.88 Å². The van der Waals surface area contributed by atoms with E-state index in [-0.39, 0.29) is 11.6 Å². The van der Waals surface area contributed by atoms with E-state index in [0.717, 1.165) is 17.0 Å². The molecule has 1 saturated heterocycles. The maximum Gasteiger partial charge on any atom is 0.183 e. The van der Waals surface area contributed by atoms with Crippen LogP contribution in [0.5, 0.6) is 0 Å². The van der Waals surface area contributed by atoms with Gasteiger partial charge in [-0.2, -0.15) is 0 Å². The van der Waals surface area contributed by atoms with E-state index in [2.05, 4.69) is 4.98 Å². The Morgan fingerprint density at radius 2 is 2.24 bits per heavy atom. The second-order valence-corrected chi connectivity index (χ2v) is 6.78. The number of thiazole rings is 1. The highest BCUT2D eigenvalue weighted by molar-refractivity contribution is 7.15. The first-order valence-electron chi connectivity index (χ1n) is 6.50. The average molecular weight is 331 g/mol. The summed E-state index contributed by atoms with van der Waals surface area (Å²) in [5.41, 5.74) is 0.280. The summed E-state index contributed by atoms with van der Waals surface area (Å²) in [6.45, 7) is 0.915. The predicted octanol–water partition coefficient (Wildman–Crippen LogP) is 3.38. The number of aliphatic hydroxyl groups excluding tert-OH is 1. The third-order valence-corrected chi connectivity index (χ3v) is 4.68. The normalized spacial score (nSPS) is 22.9. The molecule has 1 aromatic heterocycles. The molecule has 1 aliphatic rings. The summed E-state index contributed by atoms with van der Waals surface area (Å²) in [5.74, 6) is -0.934. The van der Waals surface area contributed by atoms with E-state index in [1.54, 1.807) is 6.20 Å². The number of hydrogen-bond donors (Lipinski definition) is 1. The summed E-state index contributed by atoms with van der Waals surface area (Å²) < 4.78 is 27.8. The van der Waals surface area contributed by atoms with Gasteiger partial charge in [0.2, 0.25) is 0 Å². The van der Waals surface area contributed by atoms with Crippen LogP contribution in [0.4, 0.5) is 8.78 Å². The fourth-order valence-electron chi connectivity index (χ4n) is 2.70. The first kappa shape index (κ1) is 14.8. The van der Waals surface area contributed by atoms with Gasteiger partial charge in [0.1, 0.15) is 11.6 Å². The maximum absolute atomic E-state index is 14.0. The Bertz CT molecular complexity index is 652. The molecule has 2 unspecified atom stereocenters. The molecule has 0 radical (unpaired) electrons.